The lowest BCUT2D eigenvalue weighted by Gasteiger charge is -2.21. The maximum absolute atomic E-state index is 5.30. The highest BCUT2D eigenvalue weighted by Crippen LogP contribution is 2.51. The molecule has 248 valence electrons. The maximum atomic E-state index is 5.30. The summed E-state index contributed by atoms with van der Waals surface area (Å²) in [6.07, 6.45) is 0. The van der Waals surface area contributed by atoms with Crippen LogP contribution in [0.2, 0.25) is 13.1 Å². The molecule has 1 aromatic heterocycles. The summed E-state index contributed by atoms with van der Waals surface area (Å²) < 4.78 is 0. The van der Waals surface area contributed by atoms with E-state index in [0.29, 0.717) is 17.5 Å². The molecule has 2 aliphatic rings. The summed E-state index contributed by atoms with van der Waals surface area (Å²) in [5, 5.41) is 5.44. The molecule has 0 saturated heterocycles. The van der Waals surface area contributed by atoms with Crippen LogP contribution in [-0.2, 0) is 5.41 Å². The third-order valence-electron chi connectivity index (χ3n) is 11.6. The first-order chi connectivity index (χ1) is 25.3. The fourth-order valence-electron chi connectivity index (χ4n) is 8.74. The molecule has 0 radical (unpaired) electrons. The Morgan fingerprint density at radius 3 is 1.81 bits per heavy atom. The fourth-order valence-corrected chi connectivity index (χ4v) is 11.8. The van der Waals surface area contributed by atoms with E-state index in [-0.39, 0.29) is 5.41 Å². The molecule has 1 aliphatic carbocycles. The first kappa shape index (κ1) is 30.8. The summed E-state index contributed by atoms with van der Waals surface area (Å²) in [6, 6.07) is 55.0. The predicted molar refractivity (Wildman–Crippen MR) is 219 cm³/mol. The van der Waals surface area contributed by atoms with Crippen LogP contribution in [0.4, 0.5) is 0 Å². The second kappa shape index (κ2) is 11.3. The molecule has 4 heteroatoms. The van der Waals surface area contributed by atoms with Crippen LogP contribution >= 0.6 is 0 Å². The van der Waals surface area contributed by atoms with Gasteiger partial charge in [-0.3, -0.25) is 0 Å². The first-order valence-corrected chi connectivity index (χ1v) is 21.1. The smallest absolute Gasteiger partial charge is 0.164 e. The highest BCUT2D eigenvalue weighted by atomic mass is 28.3. The molecule has 8 aromatic rings. The monoisotopic (exact) mass is 683 g/mol. The standard InChI is InChI=1S/C48H37N3Si/c1-48(2)40-17-9-7-15-37(40)44-38(16-11-18-41(44)48)47-50-45(32-23-20-31(21-24-32)34-25-22-30-12-5-6-13-33(30)28-34)49-46(51-47)35-26-27-43-39(29-35)36-14-8-10-19-42(36)52(43,3)4/h5-29H,1-4H3. The van der Waals surface area contributed by atoms with Gasteiger partial charge in [-0.05, 0) is 77.8 Å². The van der Waals surface area contributed by atoms with Gasteiger partial charge >= 0.3 is 0 Å². The van der Waals surface area contributed by atoms with Crippen LogP contribution in [0.1, 0.15) is 25.0 Å². The van der Waals surface area contributed by atoms with Crippen molar-refractivity contribution in [2.75, 3.05) is 0 Å². The van der Waals surface area contributed by atoms with E-state index in [1.54, 1.807) is 0 Å². The Hall–Kier alpha value is -5.97. The van der Waals surface area contributed by atoms with Gasteiger partial charge < -0.3 is 0 Å². The maximum Gasteiger partial charge on any atom is 0.164 e. The van der Waals surface area contributed by atoms with Crippen molar-refractivity contribution in [2.24, 2.45) is 0 Å². The van der Waals surface area contributed by atoms with Crippen molar-refractivity contribution in [1.82, 2.24) is 15.0 Å². The van der Waals surface area contributed by atoms with Crippen molar-refractivity contribution < 1.29 is 0 Å². The lowest BCUT2D eigenvalue weighted by Crippen LogP contribution is -2.49. The zero-order valence-corrected chi connectivity index (χ0v) is 30.8. The summed E-state index contributed by atoms with van der Waals surface area (Å²) in [7, 11) is -1.79. The molecular weight excluding hydrogens is 647 g/mol. The van der Waals surface area contributed by atoms with Gasteiger partial charge in [0.05, 0.1) is 0 Å². The quantitative estimate of drug-likeness (QED) is 0.173. The largest absolute Gasteiger partial charge is 0.208 e. The van der Waals surface area contributed by atoms with Crippen LogP contribution < -0.4 is 10.4 Å². The molecule has 52 heavy (non-hydrogen) atoms. The van der Waals surface area contributed by atoms with Gasteiger partial charge in [-0.2, -0.15) is 0 Å². The van der Waals surface area contributed by atoms with Crippen molar-refractivity contribution in [3.8, 4) is 67.5 Å². The van der Waals surface area contributed by atoms with E-state index in [2.05, 4.69) is 179 Å². The number of nitrogens with zero attached hydrogens (tertiary/aromatic N) is 3. The first-order valence-electron chi connectivity index (χ1n) is 18.1. The molecule has 0 N–H and O–H groups in total. The Morgan fingerprint density at radius 2 is 0.981 bits per heavy atom. The van der Waals surface area contributed by atoms with Gasteiger partial charge in [0.25, 0.3) is 0 Å². The van der Waals surface area contributed by atoms with Crippen molar-refractivity contribution >= 4 is 29.2 Å². The summed E-state index contributed by atoms with van der Waals surface area (Å²) in [4.78, 5) is 15.8. The van der Waals surface area contributed by atoms with Crippen molar-refractivity contribution in [1.29, 1.82) is 0 Å². The Balaban J connectivity index is 1.15. The highest BCUT2D eigenvalue weighted by Gasteiger charge is 2.38. The Morgan fingerprint density at radius 1 is 0.404 bits per heavy atom. The van der Waals surface area contributed by atoms with Gasteiger partial charge in [-0.25, -0.2) is 15.0 Å². The minimum atomic E-state index is -1.79. The average Bonchev–Trinajstić information content (AvgIpc) is 3.57. The highest BCUT2D eigenvalue weighted by molar-refractivity contribution is 7.03. The van der Waals surface area contributed by atoms with E-state index in [9.17, 15) is 0 Å². The number of rotatable bonds is 4. The van der Waals surface area contributed by atoms with Crippen LogP contribution in [0.15, 0.2) is 152 Å². The van der Waals surface area contributed by atoms with Crippen LogP contribution in [0.3, 0.4) is 0 Å². The topological polar surface area (TPSA) is 38.7 Å². The van der Waals surface area contributed by atoms with E-state index in [0.717, 1.165) is 22.3 Å². The fraction of sp³-hybridized carbons (Fsp3) is 0.104. The number of hydrogen-bond donors (Lipinski definition) is 0. The van der Waals surface area contributed by atoms with Crippen LogP contribution in [0.5, 0.6) is 0 Å². The molecule has 0 amide bonds. The minimum absolute atomic E-state index is 0.122. The molecule has 3 nitrogen and oxygen atoms in total. The Kier molecular flexibility index (Phi) is 6.68. The summed E-state index contributed by atoms with van der Waals surface area (Å²) >= 11 is 0. The molecule has 0 fully saturated rings. The van der Waals surface area contributed by atoms with E-state index in [4.69, 9.17) is 15.0 Å². The normalized spacial score (nSPS) is 14.5. The van der Waals surface area contributed by atoms with Crippen LogP contribution in [-0.4, -0.2) is 23.0 Å². The van der Waals surface area contributed by atoms with Gasteiger partial charge in [0.1, 0.15) is 8.07 Å². The van der Waals surface area contributed by atoms with Gasteiger partial charge in [-0.1, -0.05) is 166 Å². The lowest BCUT2D eigenvalue weighted by atomic mass is 9.82. The van der Waals surface area contributed by atoms with E-state index >= 15 is 0 Å². The molecule has 10 rings (SSSR count). The van der Waals surface area contributed by atoms with Gasteiger partial charge in [-0.15, -0.1) is 0 Å². The second-order valence-corrected chi connectivity index (χ2v) is 19.6. The third kappa shape index (κ3) is 4.61. The zero-order valence-electron chi connectivity index (χ0n) is 29.8. The Bertz CT molecular complexity index is 2740. The summed E-state index contributed by atoms with van der Waals surface area (Å²) in [5.74, 6) is 2.05. The number of hydrogen-bond acceptors (Lipinski definition) is 3. The lowest BCUT2D eigenvalue weighted by molar-refractivity contribution is 0.660. The van der Waals surface area contributed by atoms with E-state index in [1.807, 2.05) is 0 Å². The van der Waals surface area contributed by atoms with Crippen molar-refractivity contribution in [3.05, 3.63) is 163 Å². The molecule has 0 spiro atoms. The number of aromatic nitrogens is 3. The van der Waals surface area contributed by atoms with Gasteiger partial charge in [0.2, 0.25) is 0 Å². The Labute approximate surface area is 305 Å². The average molecular weight is 684 g/mol. The third-order valence-corrected chi connectivity index (χ3v) is 15.1. The molecule has 1 aliphatic heterocycles. The van der Waals surface area contributed by atoms with E-state index in [1.165, 1.54) is 60.1 Å². The van der Waals surface area contributed by atoms with Gasteiger partial charge in [0.15, 0.2) is 17.5 Å². The number of fused-ring (bicyclic) bond motifs is 7. The van der Waals surface area contributed by atoms with Crippen molar-refractivity contribution in [2.45, 2.75) is 32.4 Å². The molecule has 2 heterocycles. The summed E-state index contributed by atoms with van der Waals surface area (Å²) in [6.45, 7) is 9.53. The SMILES string of the molecule is CC1(C)c2ccccc2-c2c(-c3nc(-c4ccc(-c5ccc6ccccc6c5)cc4)nc(-c4ccc5c(c4)-c4ccccc4[Si]5(C)C)n3)cccc21. The van der Waals surface area contributed by atoms with E-state index < -0.39 is 8.07 Å². The predicted octanol–water partition coefficient (Wildman–Crippen LogP) is 10.8. The second-order valence-electron chi connectivity index (χ2n) is 15.3. The van der Waals surface area contributed by atoms with Crippen LogP contribution in [0, 0.1) is 0 Å². The molecule has 0 bridgehead atoms. The molecular formula is C48H37N3Si. The van der Waals surface area contributed by atoms with Crippen LogP contribution in [0.25, 0.3) is 78.3 Å². The van der Waals surface area contributed by atoms with Gasteiger partial charge in [0, 0.05) is 22.1 Å². The van der Waals surface area contributed by atoms with Crippen molar-refractivity contribution in [3.63, 3.8) is 0 Å². The zero-order chi connectivity index (χ0) is 35.2. The molecule has 0 unspecified atom stereocenters. The summed E-state index contributed by atoms with van der Waals surface area (Å²) in [5.41, 5.74) is 13.0. The number of benzene rings is 7. The molecule has 0 atom stereocenters. The minimum Gasteiger partial charge on any atom is -0.208 e. The molecule has 0 saturated carbocycles. The molecule has 7 aromatic carbocycles.